The fourth-order valence-electron chi connectivity index (χ4n) is 2.52. The molecule has 3 aromatic rings. The van der Waals surface area contributed by atoms with Gasteiger partial charge in [-0.15, -0.1) is 0 Å². The van der Waals surface area contributed by atoms with Gasteiger partial charge in [-0.2, -0.15) is 0 Å². The van der Waals surface area contributed by atoms with Crippen LogP contribution in [0.3, 0.4) is 0 Å². The highest BCUT2D eigenvalue weighted by Gasteiger charge is 2.08. The number of rotatable bonds is 6. The summed E-state index contributed by atoms with van der Waals surface area (Å²) >= 11 is 0. The molecule has 0 bridgehead atoms. The van der Waals surface area contributed by atoms with Crippen LogP contribution in [0.15, 0.2) is 67.3 Å². The number of aromatic nitrogens is 2. The van der Waals surface area contributed by atoms with Gasteiger partial charge in [0, 0.05) is 42.8 Å². The van der Waals surface area contributed by atoms with E-state index in [1.165, 1.54) is 6.07 Å². The summed E-state index contributed by atoms with van der Waals surface area (Å²) in [4.78, 5) is 14.5. The van der Waals surface area contributed by atoms with Crippen molar-refractivity contribution < 1.29 is 4.92 Å². The van der Waals surface area contributed by atoms with E-state index in [1.807, 2.05) is 29.0 Å². The van der Waals surface area contributed by atoms with Crippen molar-refractivity contribution in [2.75, 3.05) is 0 Å². The van der Waals surface area contributed by atoms with Gasteiger partial charge in [-0.25, -0.2) is 4.98 Å². The van der Waals surface area contributed by atoms with E-state index in [4.69, 9.17) is 0 Å². The molecule has 0 amide bonds. The normalized spacial score (nSPS) is 12.0. The molecule has 6 nitrogen and oxygen atoms in total. The van der Waals surface area contributed by atoms with Crippen molar-refractivity contribution in [2.24, 2.45) is 0 Å². The zero-order valence-electron chi connectivity index (χ0n) is 13.3. The van der Waals surface area contributed by atoms with E-state index in [1.54, 1.807) is 24.7 Å². The molecule has 0 aliphatic carbocycles. The third kappa shape index (κ3) is 3.67. The van der Waals surface area contributed by atoms with Crippen molar-refractivity contribution in [1.82, 2.24) is 14.9 Å². The lowest BCUT2D eigenvalue weighted by molar-refractivity contribution is -0.384. The quantitative estimate of drug-likeness (QED) is 0.555. The van der Waals surface area contributed by atoms with E-state index in [-0.39, 0.29) is 16.7 Å². The van der Waals surface area contributed by atoms with Gasteiger partial charge in [-0.3, -0.25) is 10.1 Å². The summed E-state index contributed by atoms with van der Waals surface area (Å²) < 4.78 is 1.95. The maximum atomic E-state index is 10.8. The standard InChI is InChI=1S/C18H18N4O2/c1-14(20-12-15-3-2-4-18(11-15)22(23)24)16-5-7-17(8-6-16)21-10-9-19-13-21/h2-11,13-14,20H,12H2,1H3/t14-/m0/s1. The molecule has 6 heteroatoms. The molecule has 0 fully saturated rings. The van der Waals surface area contributed by atoms with Crippen LogP contribution >= 0.6 is 0 Å². The monoisotopic (exact) mass is 322 g/mol. The minimum atomic E-state index is -0.373. The summed E-state index contributed by atoms with van der Waals surface area (Å²) in [6.45, 7) is 2.65. The Hall–Kier alpha value is -2.99. The Labute approximate surface area is 139 Å². The van der Waals surface area contributed by atoms with E-state index >= 15 is 0 Å². The van der Waals surface area contributed by atoms with Crippen molar-refractivity contribution in [3.8, 4) is 5.69 Å². The van der Waals surface area contributed by atoms with Crippen LogP contribution in [0.25, 0.3) is 5.69 Å². The van der Waals surface area contributed by atoms with Gasteiger partial charge in [-0.1, -0.05) is 24.3 Å². The van der Waals surface area contributed by atoms with Crippen LogP contribution in [0.4, 0.5) is 5.69 Å². The lowest BCUT2D eigenvalue weighted by Crippen LogP contribution is -2.18. The minimum absolute atomic E-state index is 0.117. The van der Waals surface area contributed by atoms with Gasteiger partial charge in [0.1, 0.15) is 0 Å². The number of non-ortho nitro benzene ring substituents is 1. The van der Waals surface area contributed by atoms with Crippen LogP contribution in [0.5, 0.6) is 0 Å². The first-order valence-electron chi connectivity index (χ1n) is 7.68. The number of nitro benzene ring substituents is 1. The summed E-state index contributed by atoms with van der Waals surface area (Å²) in [6.07, 6.45) is 5.41. The molecule has 1 N–H and O–H groups in total. The summed E-state index contributed by atoms with van der Waals surface area (Å²) in [5.74, 6) is 0. The molecule has 0 aliphatic rings. The van der Waals surface area contributed by atoms with Crippen molar-refractivity contribution in [2.45, 2.75) is 19.5 Å². The molecule has 2 aromatic carbocycles. The number of hydrogen-bond acceptors (Lipinski definition) is 4. The number of nitro groups is 1. The fourth-order valence-corrected chi connectivity index (χ4v) is 2.52. The van der Waals surface area contributed by atoms with Crippen molar-refractivity contribution in [3.63, 3.8) is 0 Å². The molecule has 122 valence electrons. The number of nitrogens with zero attached hydrogens (tertiary/aromatic N) is 3. The Bertz CT molecular complexity index is 813. The number of imidazole rings is 1. The molecule has 0 spiro atoms. The molecular weight excluding hydrogens is 304 g/mol. The molecule has 0 unspecified atom stereocenters. The van der Waals surface area contributed by atoms with Crippen molar-refractivity contribution in [3.05, 3.63) is 88.5 Å². The lowest BCUT2D eigenvalue weighted by atomic mass is 10.1. The Morgan fingerprint density at radius 1 is 1.25 bits per heavy atom. The number of hydrogen-bond donors (Lipinski definition) is 1. The first kappa shape index (κ1) is 15.9. The van der Waals surface area contributed by atoms with Crippen molar-refractivity contribution >= 4 is 5.69 Å². The molecule has 0 saturated heterocycles. The molecule has 24 heavy (non-hydrogen) atoms. The van der Waals surface area contributed by atoms with Gasteiger partial charge in [0.15, 0.2) is 0 Å². The van der Waals surface area contributed by atoms with Crippen LogP contribution < -0.4 is 5.32 Å². The minimum Gasteiger partial charge on any atom is -0.306 e. The lowest BCUT2D eigenvalue weighted by Gasteiger charge is -2.15. The highest BCUT2D eigenvalue weighted by Crippen LogP contribution is 2.17. The van der Waals surface area contributed by atoms with Gasteiger partial charge >= 0.3 is 0 Å². The van der Waals surface area contributed by atoms with Gasteiger partial charge in [0.25, 0.3) is 5.69 Å². The van der Waals surface area contributed by atoms with E-state index in [0.717, 1.165) is 16.8 Å². The van der Waals surface area contributed by atoms with Crippen LogP contribution in [-0.4, -0.2) is 14.5 Å². The van der Waals surface area contributed by atoms with Crippen LogP contribution in [0.2, 0.25) is 0 Å². The Balaban J connectivity index is 1.63. The largest absolute Gasteiger partial charge is 0.306 e. The van der Waals surface area contributed by atoms with E-state index in [0.29, 0.717) is 6.54 Å². The summed E-state index contributed by atoms with van der Waals surface area (Å²) in [6, 6.07) is 15.1. The molecular formula is C18H18N4O2. The van der Waals surface area contributed by atoms with Gasteiger partial charge in [0.05, 0.1) is 11.3 Å². The molecule has 1 atom stereocenters. The zero-order chi connectivity index (χ0) is 16.9. The molecule has 0 saturated carbocycles. The van der Waals surface area contributed by atoms with Crippen LogP contribution in [0.1, 0.15) is 24.1 Å². The maximum Gasteiger partial charge on any atom is 0.269 e. The highest BCUT2D eigenvalue weighted by atomic mass is 16.6. The molecule has 3 rings (SSSR count). The average Bonchev–Trinajstić information content (AvgIpc) is 3.14. The van der Waals surface area contributed by atoms with Gasteiger partial charge in [0.2, 0.25) is 0 Å². The zero-order valence-corrected chi connectivity index (χ0v) is 13.3. The maximum absolute atomic E-state index is 10.8. The second kappa shape index (κ2) is 7.06. The van der Waals surface area contributed by atoms with Gasteiger partial charge < -0.3 is 9.88 Å². The predicted molar refractivity (Wildman–Crippen MR) is 91.9 cm³/mol. The third-order valence-electron chi connectivity index (χ3n) is 3.93. The second-order valence-electron chi connectivity index (χ2n) is 5.59. The van der Waals surface area contributed by atoms with Crippen molar-refractivity contribution in [1.29, 1.82) is 0 Å². The first-order chi connectivity index (χ1) is 11.6. The van der Waals surface area contributed by atoms with E-state index < -0.39 is 0 Å². The van der Waals surface area contributed by atoms with Crippen LogP contribution in [-0.2, 0) is 6.54 Å². The molecule has 1 aromatic heterocycles. The Morgan fingerprint density at radius 3 is 2.71 bits per heavy atom. The summed E-state index contributed by atoms with van der Waals surface area (Å²) in [5.41, 5.74) is 3.23. The molecule has 0 radical (unpaired) electrons. The Morgan fingerprint density at radius 2 is 2.04 bits per heavy atom. The van der Waals surface area contributed by atoms with E-state index in [2.05, 4.69) is 29.4 Å². The SMILES string of the molecule is C[C@H](NCc1cccc([N+](=O)[O-])c1)c1ccc(-n2ccnc2)cc1. The fraction of sp³-hybridized carbons (Fsp3) is 0.167. The van der Waals surface area contributed by atoms with Crippen LogP contribution in [0, 0.1) is 10.1 Å². The molecule has 0 aliphatic heterocycles. The summed E-state index contributed by atoms with van der Waals surface area (Å²) in [5, 5.41) is 14.2. The average molecular weight is 322 g/mol. The number of benzene rings is 2. The smallest absolute Gasteiger partial charge is 0.269 e. The second-order valence-corrected chi connectivity index (χ2v) is 5.59. The van der Waals surface area contributed by atoms with E-state index in [9.17, 15) is 10.1 Å². The topological polar surface area (TPSA) is 73.0 Å². The summed E-state index contributed by atoms with van der Waals surface area (Å²) in [7, 11) is 0. The highest BCUT2D eigenvalue weighted by molar-refractivity contribution is 5.36. The first-order valence-corrected chi connectivity index (χ1v) is 7.68. The third-order valence-corrected chi connectivity index (χ3v) is 3.93. The Kier molecular flexibility index (Phi) is 4.67. The van der Waals surface area contributed by atoms with Gasteiger partial charge in [-0.05, 0) is 30.2 Å². The number of nitrogens with one attached hydrogen (secondary N) is 1. The predicted octanol–water partition coefficient (Wildman–Crippen LogP) is 3.63. The molecule has 1 heterocycles.